The SMILES string of the molecule is CN(c1ccccc1)c1ccc(/C=N\N(c2ccccc2)c2ccccc2)cc1. The fraction of sp³-hybridized carbons (Fsp3) is 0.0385. The van der Waals surface area contributed by atoms with Gasteiger partial charge in [0.25, 0.3) is 0 Å². The van der Waals surface area contributed by atoms with Crippen LogP contribution < -0.4 is 9.91 Å². The van der Waals surface area contributed by atoms with Gasteiger partial charge in [0.05, 0.1) is 17.6 Å². The number of hydrazone groups is 1. The maximum Gasteiger partial charge on any atom is 0.0652 e. The molecule has 142 valence electrons. The zero-order valence-corrected chi connectivity index (χ0v) is 16.4. The number of hydrogen-bond donors (Lipinski definition) is 0. The molecule has 0 aliphatic heterocycles. The van der Waals surface area contributed by atoms with Crippen molar-refractivity contribution < 1.29 is 0 Å². The molecular weight excluding hydrogens is 354 g/mol. The van der Waals surface area contributed by atoms with Gasteiger partial charge in [0.1, 0.15) is 0 Å². The molecule has 0 aliphatic carbocycles. The average molecular weight is 377 g/mol. The van der Waals surface area contributed by atoms with Gasteiger partial charge < -0.3 is 4.90 Å². The molecule has 0 fully saturated rings. The van der Waals surface area contributed by atoms with Crippen molar-refractivity contribution in [1.29, 1.82) is 0 Å². The minimum Gasteiger partial charge on any atom is -0.345 e. The highest BCUT2D eigenvalue weighted by Gasteiger charge is 2.07. The van der Waals surface area contributed by atoms with Crippen LogP contribution in [0.2, 0.25) is 0 Å². The van der Waals surface area contributed by atoms with E-state index >= 15 is 0 Å². The Morgan fingerprint density at radius 2 is 0.931 bits per heavy atom. The van der Waals surface area contributed by atoms with Gasteiger partial charge in [0, 0.05) is 18.4 Å². The summed E-state index contributed by atoms with van der Waals surface area (Å²) in [5.74, 6) is 0. The summed E-state index contributed by atoms with van der Waals surface area (Å²) in [5.41, 5.74) is 5.39. The molecular formula is C26H23N3. The molecule has 0 atom stereocenters. The van der Waals surface area contributed by atoms with Crippen molar-refractivity contribution in [2.45, 2.75) is 0 Å². The minimum atomic E-state index is 1.02. The fourth-order valence-corrected chi connectivity index (χ4v) is 3.13. The monoisotopic (exact) mass is 377 g/mol. The largest absolute Gasteiger partial charge is 0.345 e. The summed E-state index contributed by atoms with van der Waals surface area (Å²) in [6, 6.07) is 39.1. The Bertz CT molecular complexity index is 1000. The van der Waals surface area contributed by atoms with Crippen molar-refractivity contribution in [1.82, 2.24) is 0 Å². The predicted octanol–water partition coefficient (Wildman–Crippen LogP) is 6.63. The normalized spacial score (nSPS) is 10.8. The summed E-state index contributed by atoms with van der Waals surface area (Å²) in [6.45, 7) is 0. The molecule has 0 heterocycles. The number of nitrogens with zero attached hydrogens (tertiary/aromatic N) is 3. The second-order valence-corrected chi connectivity index (χ2v) is 6.71. The van der Waals surface area contributed by atoms with E-state index in [1.807, 2.05) is 53.7 Å². The lowest BCUT2D eigenvalue weighted by Crippen LogP contribution is -2.10. The molecule has 0 unspecified atom stereocenters. The van der Waals surface area contributed by atoms with Crippen LogP contribution in [0.25, 0.3) is 0 Å². The molecule has 4 aromatic carbocycles. The maximum atomic E-state index is 4.76. The highest BCUT2D eigenvalue weighted by Crippen LogP contribution is 2.26. The van der Waals surface area contributed by atoms with E-state index in [-0.39, 0.29) is 0 Å². The van der Waals surface area contributed by atoms with Crippen LogP contribution in [0, 0.1) is 0 Å². The van der Waals surface area contributed by atoms with E-state index in [0.29, 0.717) is 0 Å². The van der Waals surface area contributed by atoms with Crippen molar-refractivity contribution in [2.75, 3.05) is 17.0 Å². The van der Waals surface area contributed by atoms with E-state index < -0.39 is 0 Å². The Kier molecular flexibility index (Phi) is 5.68. The summed E-state index contributed by atoms with van der Waals surface area (Å²) < 4.78 is 0. The third-order valence-corrected chi connectivity index (χ3v) is 4.75. The van der Waals surface area contributed by atoms with E-state index in [2.05, 4.69) is 84.7 Å². The Labute approximate surface area is 172 Å². The van der Waals surface area contributed by atoms with Gasteiger partial charge in [-0.15, -0.1) is 0 Å². The second-order valence-electron chi connectivity index (χ2n) is 6.71. The minimum absolute atomic E-state index is 1.02. The molecule has 4 aromatic rings. The molecule has 3 nitrogen and oxygen atoms in total. The topological polar surface area (TPSA) is 18.8 Å². The Balaban J connectivity index is 1.56. The van der Waals surface area contributed by atoms with Crippen LogP contribution in [0.5, 0.6) is 0 Å². The maximum absolute atomic E-state index is 4.76. The van der Waals surface area contributed by atoms with Crippen LogP contribution in [0.1, 0.15) is 5.56 Å². The molecule has 0 bridgehead atoms. The number of anilines is 4. The highest BCUT2D eigenvalue weighted by atomic mass is 15.5. The molecule has 0 spiro atoms. The van der Waals surface area contributed by atoms with Gasteiger partial charge in [0.15, 0.2) is 0 Å². The van der Waals surface area contributed by atoms with Gasteiger partial charge >= 0.3 is 0 Å². The van der Waals surface area contributed by atoms with Gasteiger partial charge in [0.2, 0.25) is 0 Å². The number of hydrogen-bond acceptors (Lipinski definition) is 3. The van der Waals surface area contributed by atoms with Crippen LogP contribution in [-0.4, -0.2) is 13.3 Å². The molecule has 0 aromatic heterocycles. The van der Waals surface area contributed by atoms with Crippen LogP contribution in [0.4, 0.5) is 22.7 Å². The summed E-state index contributed by atoms with van der Waals surface area (Å²) >= 11 is 0. The third kappa shape index (κ3) is 4.53. The molecule has 0 amide bonds. The van der Waals surface area contributed by atoms with E-state index in [1.165, 1.54) is 0 Å². The lowest BCUT2D eigenvalue weighted by Gasteiger charge is -2.20. The van der Waals surface area contributed by atoms with Crippen LogP contribution in [0.15, 0.2) is 120 Å². The standard InChI is InChI=1S/C26H23N3/c1-28(23-11-5-2-6-12-23)24-19-17-22(18-20-24)21-27-29(25-13-7-3-8-14-25)26-15-9-4-10-16-26/h2-21H,1H3/b27-21-. The molecule has 0 N–H and O–H groups in total. The van der Waals surface area contributed by atoms with Crippen molar-refractivity contribution in [2.24, 2.45) is 5.10 Å². The quantitative estimate of drug-likeness (QED) is 0.277. The number of benzene rings is 4. The second kappa shape index (κ2) is 8.89. The smallest absolute Gasteiger partial charge is 0.0652 e. The predicted molar refractivity (Wildman–Crippen MR) is 124 cm³/mol. The number of rotatable bonds is 6. The molecule has 0 aliphatic rings. The van der Waals surface area contributed by atoms with Gasteiger partial charge in [-0.3, -0.25) is 0 Å². The van der Waals surface area contributed by atoms with E-state index in [1.54, 1.807) is 0 Å². The molecule has 0 saturated carbocycles. The van der Waals surface area contributed by atoms with Crippen LogP contribution >= 0.6 is 0 Å². The van der Waals surface area contributed by atoms with Crippen molar-refractivity contribution in [3.63, 3.8) is 0 Å². The Morgan fingerprint density at radius 3 is 1.41 bits per heavy atom. The first-order chi connectivity index (χ1) is 14.3. The summed E-state index contributed by atoms with van der Waals surface area (Å²) in [4.78, 5) is 2.17. The first-order valence-electron chi connectivity index (χ1n) is 9.64. The van der Waals surface area contributed by atoms with E-state index in [4.69, 9.17) is 5.10 Å². The van der Waals surface area contributed by atoms with E-state index in [9.17, 15) is 0 Å². The number of para-hydroxylation sites is 3. The van der Waals surface area contributed by atoms with Gasteiger partial charge in [-0.1, -0.05) is 66.7 Å². The molecule has 4 rings (SSSR count). The lowest BCUT2D eigenvalue weighted by molar-refractivity contribution is 1.09. The fourth-order valence-electron chi connectivity index (χ4n) is 3.13. The zero-order valence-electron chi connectivity index (χ0n) is 16.4. The van der Waals surface area contributed by atoms with E-state index in [0.717, 1.165) is 28.3 Å². The van der Waals surface area contributed by atoms with Crippen LogP contribution in [-0.2, 0) is 0 Å². The summed E-state index contributed by atoms with van der Waals surface area (Å²) in [7, 11) is 2.07. The van der Waals surface area contributed by atoms with Crippen LogP contribution in [0.3, 0.4) is 0 Å². The van der Waals surface area contributed by atoms with Gasteiger partial charge in [-0.05, 0) is 54.1 Å². The van der Waals surface area contributed by atoms with Crippen molar-refractivity contribution >= 4 is 29.0 Å². The lowest BCUT2D eigenvalue weighted by atomic mass is 10.2. The summed E-state index contributed by atoms with van der Waals surface area (Å²) in [6.07, 6.45) is 1.90. The average Bonchev–Trinajstić information content (AvgIpc) is 2.81. The summed E-state index contributed by atoms with van der Waals surface area (Å²) in [5, 5.41) is 6.71. The van der Waals surface area contributed by atoms with Crippen molar-refractivity contribution in [3.8, 4) is 0 Å². The molecule has 0 radical (unpaired) electrons. The Morgan fingerprint density at radius 1 is 0.517 bits per heavy atom. The van der Waals surface area contributed by atoms with Crippen molar-refractivity contribution in [3.05, 3.63) is 121 Å². The Hall–Kier alpha value is -3.85. The first kappa shape index (κ1) is 18.5. The molecule has 0 saturated heterocycles. The first-order valence-corrected chi connectivity index (χ1v) is 9.64. The third-order valence-electron chi connectivity index (χ3n) is 4.75. The van der Waals surface area contributed by atoms with Gasteiger partial charge in [-0.25, -0.2) is 5.01 Å². The molecule has 29 heavy (non-hydrogen) atoms. The zero-order chi connectivity index (χ0) is 19.9. The highest BCUT2D eigenvalue weighted by molar-refractivity contribution is 5.82. The molecule has 3 heteroatoms. The van der Waals surface area contributed by atoms with Gasteiger partial charge in [-0.2, -0.15) is 5.10 Å².